The molecule has 1 aromatic carbocycles. The molecule has 1 amide bonds. The molecule has 0 aliphatic rings. The summed E-state index contributed by atoms with van der Waals surface area (Å²) in [6.07, 6.45) is 0.500. The molecular weight excluding hydrogens is 270 g/mol. The van der Waals surface area contributed by atoms with E-state index in [1.807, 2.05) is 31.2 Å². The Labute approximate surface area is 104 Å². The van der Waals surface area contributed by atoms with Crippen molar-refractivity contribution in [3.8, 4) is 5.75 Å². The van der Waals surface area contributed by atoms with Gasteiger partial charge in [0.05, 0.1) is 13.2 Å². The number of hydrogen-bond donors (Lipinski definition) is 1. The van der Waals surface area contributed by atoms with Crippen LogP contribution in [-0.2, 0) is 4.79 Å². The Hall–Kier alpha value is -1.03. The quantitative estimate of drug-likeness (QED) is 0.845. The van der Waals surface area contributed by atoms with Crippen LogP contribution < -0.4 is 10.1 Å². The number of benzene rings is 1. The molecule has 1 unspecified atom stereocenters. The van der Waals surface area contributed by atoms with Gasteiger partial charge in [0.25, 0.3) is 0 Å². The van der Waals surface area contributed by atoms with Gasteiger partial charge >= 0.3 is 0 Å². The minimum atomic E-state index is 0.0254. The fourth-order valence-electron chi connectivity index (χ4n) is 1.38. The Morgan fingerprint density at radius 2 is 2.06 bits per heavy atom. The molecule has 1 rings (SSSR count). The second-order valence-electron chi connectivity index (χ2n) is 3.50. The predicted molar refractivity (Wildman–Crippen MR) is 68.0 cm³/mol. The summed E-state index contributed by atoms with van der Waals surface area (Å²) in [6.45, 7) is 1.97. The van der Waals surface area contributed by atoms with Crippen molar-refractivity contribution in [1.82, 2.24) is 5.32 Å². The van der Waals surface area contributed by atoms with Crippen LogP contribution in [0.5, 0.6) is 5.75 Å². The molecule has 0 aliphatic heterocycles. The van der Waals surface area contributed by atoms with Crippen LogP contribution in [0, 0.1) is 0 Å². The Balaban J connectivity index is 2.58. The van der Waals surface area contributed by atoms with Gasteiger partial charge in [0, 0.05) is 11.8 Å². The summed E-state index contributed by atoms with van der Waals surface area (Å²) in [5, 5.41) is 3.61. The SMILES string of the molecule is COc1ccc(C(C)NC(=O)CCBr)cc1. The monoisotopic (exact) mass is 285 g/mol. The smallest absolute Gasteiger partial charge is 0.221 e. The average Bonchev–Trinajstić information content (AvgIpc) is 2.29. The van der Waals surface area contributed by atoms with Crippen LogP contribution in [0.15, 0.2) is 24.3 Å². The topological polar surface area (TPSA) is 38.3 Å². The molecule has 0 radical (unpaired) electrons. The zero-order valence-corrected chi connectivity index (χ0v) is 11.1. The molecule has 0 spiro atoms. The molecule has 1 aromatic rings. The number of amides is 1. The molecule has 4 heteroatoms. The van der Waals surface area contributed by atoms with Gasteiger partial charge in [0.2, 0.25) is 5.91 Å². The first-order valence-corrected chi connectivity index (χ1v) is 6.28. The number of carbonyl (C=O) groups is 1. The highest BCUT2D eigenvalue weighted by molar-refractivity contribution is 9.09. The molecular formula is C12H16BrNO2. The van der Waals surface area contributed by atoms with Crippen LogP contribution in [0.2, 0.25) is 0 Å². The number of ether oxygens (including phenoxy) is 1. The molecule has 0 bridgehead atoms. The van der Waals surface area contributed by atoms with E-state index in [9.17, 15) is 4.79 Å². The first-order chi connectivity index (χ1) is 7.67. The largest absolute Gasteiger partial charge is 0.497 e. The third kappa shape index (κ3) is 3.85. The van der Waals surface area contributed by atoms with Crippen molar-refractivity contribution in [3.05, 3.63) is 29.8 Å². The molecule has 1 atom stereocenters. The number of nitrogens with one attached hydrogen (secondary N) is 1. The first kappa shape index (κ1) is 13.0. The second kappa shape index (κ2) is 6.53. The number of halogens is 1. The first-order valence-electron chi connectivity index (χ1n) is 5.16. The Kier molecular flexibility index (Phi) is 5.32. The van der Waals surface area contributed by atoms with Gasteiger partial charge in [-0.05, 0) is 24.6 Å². The molecule has 1 N–H and O–H groups in total. The Morgan fingerprint density at radius 1 is 1.44 bits per heavy atom. The van der Waals surface area contributed by atoms with E-state index in [-0.39, 0.29) is 11.9 Å². The van der Waals surface area contributed by atoms with Crippen molar-refractivity contribution in [2.45, 2.75) is 19.4 Å². The lowest BCUT2D eigenvalue weighted by Gasteiger charge is -2.14. The lowest BCUT2D eigenvalue weighted by atomic mass is 10.1. The van der Waals surface area contributed by atoms with Crippen molar-refractivity contribution >= 4 is 21.8 Å². The fraction of sp³-hybridized carbons (Fsp3) is 0.417. The predicted octanol–water partition coefficient (Wildman–Crippen LogP) is 2.66. The number of alkyl halides is 1. The molecule has 3 nitrogen and oxygen atoms in total. The third-order valence-electron chi connectivity index (χ3n) is 2.31. The van der Waals surface area contributed by atoms with Crippen LogP contribution in [0.3, 0.4) is 0 Å². The number of hydrogen-bond acceptors (Lipinski definition) is 2. The molecule has 88 valence electrons. The Morgan fingerprint density at radius 3 is 2.56 bits per heavy atom. The maximum absolute atomic E-state index is 11.4. The van der Waals surface area contributed by atoms with Gasteiger partial charge in [-0.25, -0.2) is 0 Å². The lowest BCUT2D eigenvalue weighted by molar-refractivity contribution is -0.121. The van der Waals surface area contributed by atoms with Gasteiger partial charge in [-0.1, -0.05) is 28.1 Å². The van der Waals surface area contributed by atoms with E-state index >= 15 is 0 Å². The van der Waals surface area contributed by atoms with Gasteiger partial charge in [-0.15, -0.1) is 0 Å². The van der Waals surface area contributed by atoms with Crippen molar-refractivity contribution in [2.24, 2.45) is 0 Å². The lowest BCUT2D eigenvalue weighted by Crippen LogP contribution is -2.26. The van der Waals surface area contributed by atoms with Crippen LogP contribution >= 0.6 is 15.9 Å². The van der Waals surface area contributed by atoms with Crippen molar-refractivity contribution < 1.29 is 9.53 Å². The third-order valence-corrected chi connectivity index (χ3v) is 2.71. The van der Waals surface area contributed by atoms with Crippen LogP contribution in [-0.4, -0.2) is 18.3 Å². The summed E-state index contributed by atoms with van der Waals surface area (Å²) in [7, 11) is 1.64. The number of methoxy groups -OCH3 is 1. The van der Waals surface area contributed by atoms with E-state index < -0.39 is 0 Å². The fourth-order valence-corrected chi connectivity index (χ4v) is 1.74. The van der Waals surface area contributed by atoms with E-state index in [0.717, 1.165) is 11.3 Å². The summed E-state index contributed by atoms with van der Waals surface area (Å²) >= 11 is 3.24. The van der Waals surface area contributed by atoms with Gasteiger partial charge in [-0.2, -0.15) is 0 Å². The molecule has 0 heterocycles. The molecule has 0 aromatic heterocycles. The van der Waals surface area contributed by atoms with E-state index in [1.54, 1.807) is 7.11 Å². The summed E-state index contributed by atoms with van der Waals surface area (Å²) in [6, 6.07) is 7.72. The molecule has 0 saturated heterocycles. The van der Waals surface area contributed by atoms with Crippen LogP contribution in [0.1, 0.15) is 24.9 Å². The van der Waals surface area contributed by atoms with Gasteiger partial charge in [-0.3, -0.25) is 4.79 Å². The van der Waals surface area contributed by atoms with Crippen LogP contribution in [0.25, 0.3) is 0 Å². The van der Waals surface area contributed by atoms with Crippen molar-refractivity contribution in [1.29, 1.82) is 0 Å². The maximum Gasteiger partial charge on any atom is 0.221 e. The summed E-state index contributed by atoms with van der Waals surface area (Å²) in [5.74, 6) is 0.878. The molecule has 0 saturated carbocycles. The molecule has 0 fully saturated rings. The highest BCUT2D eigenvalue weighted by Gasteiger charge is 2.08. The van der Waals surface area contributed by atoms with Crippen molar-refractivity contribution in [2.75, 3.05) is 12.4 Å². The minimum Gasteiger partial charge on any atom is -0.497 e. The van der Waals surface area contributed by atoms with Crippen LogP contribution in [0.4, 0.5) is 0 Å². The van der Waals surface area contributed by atoms with E-state index in [0.29, 0.717) is 11.8 Å². The molecule has 0 aliphatic carbocycles. The highest BCUT2D eigenvalue weighted by atomic mass is 79.9. The minimum absolute atomic E-state index is 0.0254. The normalized spacial score (nSPS) is 11.9. The van der Waals surface area contributed by atoms with Gasteiger partial charge in [0.15, 0.2) is 0 Å². The van der Waals surface area contributed by atoms with E-state index in [2.05, 4.69) is 21.2 Å². The van der Waals surface area contributed by atoms with Crippen molar-refractivity contribution in [3.63, 3.8) is 0 Å². The van der Waals surface area contributed by atoms with E-state index in [1.165, 1.54) is 0 Å². The number of rotatable bonds is 5. The van der Waals surface area contributed by atoms with E-state index in [4.69, 9.17) is 4.74 Å². The Bertz CT molecular complexity index is 337. The number of carbonyl (C=O) groups excluding carboxylic acids is 1. The highest BCUT2D eigenvalue weighted by Crippen LogP contribution is 2.17. The standard InChI is InChI=1S/C12H16BrNO2/c1-9(14-12(15)7-8-13)10-3-5-11(16-2)6-4-10/h3-6,9H,7-8H2,1-2H3,(H,14,15). The zero-order valence-electron chi connectivity index (χ0n) is 9.50. The zero-order chi connectivity index (χ0) is 12.0. The second-order valence-corrected chi connectivity index (χ2v) is 4.29. The summed E-state index contributed by atoms with van der Waals surface area (Å²) in [4.78, 5) is 11.4. The molecule has 16 heavy (non-hydrogen) atoms. The summed E-state index contributed by atoms with van der Waals surface area (Å²) in [5.41, 5.74) is 1.07. The van der Waals surface area contributed by atoms with Gasteiger partial charge < -0.3 is 10.1 Å². The maximum atomic E-state index is 11.4. The van der Waals surface area contributed by atoms with Gasteiger partial charge in [0.1, 0.15) is 5.75 Å². The summed E-state index contributed by atoms with van der Waals surface area (Å²) < 4.78 is 5.08. The average molecular weight is 286 g/mol.